The molecule has 3 aromatic carbocycles. The third-order valence-electron chi connectivity index (χ3n) is 5.19. The minimum absolute atomic E-state index is 0.0456. The van der Waals surface area contributed by atoms with Crippen LogP contribution in [0, 0.1) is 6.92 Å². The Bertz CT molecular complexity index is 1370. The molecule has 0 radical (unpaired) electrons. The lowest BCUT2D eigenvalue weighted by atomic mass is 10.1. The Balaban J connectivity index is 1.50. The topological polar surface area (TPSA) is 97.0 Å². The first kappa shape index (κ1) is 25.1. The molecule has 0 atom stereocenters. The fourth-order valence-electron chi connectivity index (χ4n) is 3.49. The number of halogens is 2. The van der Waals surface area contributed by atoms with E-state index in [0.29, 0.717) is 22.0 Å². The molecule has 1 fully saturated rings. The molecular weight excluding hydrogens is 505 g/mol. The van der Waals surface area contributed by atoms with Gasteiger partial charge in [0.25, 0.3) is 11.8 Å². The molecule has 1 saturated heterocycles. The Hall–Kier alpha value is -4.01. The number of carbonyl (C=O) groups is 3. The highest BCUT2D eigenvalue weighted by Crippen LogP contribution is 2.37. The number of rotatable bonds is 7. The smallest absolute Gasteiger partial charge is 0.333 e. The Morgan fingerprint density at radius 1 is 1.08 bits per heavy atom. The van der Waals surface area contributed by atoms with E-state index in [4.69, 9.17) is 32.7 Å². The van der Waals surface area contributed by atoms with Crippen molar-refractivity contribution in [1.82, 2.24) is 5.32 Å². The molecular formula is C26H21Cl2N3O5. The summed E-state index contributed by atoms with van der Waals surface area (Å²) in [5.41, 5.74) is 2.59. The van der Waals surface area contributed by atoms with Crippen molar-refractivity contribution in [2.75, 3.05) is 23.9 Å². The van der Waals surface area contributed by atoms with E-state index in [-0.39, 0.29) is 34.7 Å². The van der Waals surface area contributed by atoms with Crippen molar-refractivity contribution in [3.63, 3.8) is 0 Å². The van der Waals surface area contributed by atoms with Crippen LogP contribution in [-0.4, -0.2) is 31.6 Å². The second-order valence-electron chi connectivity index (χ2n) is 7.85. The predicted octanol–water partition coefficient (Wildman–Crippen LogP) is 5.43. The van der Waals surface area contributed by atoms with Gasteiger partial charge in [-0.1, -0.05) is 47.0 Å². The molecule has 0 unspecified atom stereocenters. The number of carbonyl (C=O) groups excluding carboxylic acids is 3. The number of urea groups is 1. The Labute approximate surface area is 217 Å². The number of nitrogens with zero attached hydrogens (tertiary/aromatic N) is 1. The summed E-state index contributed by atoms with van der Waals surface area (Å²) in [5, 5.41) is 5.84. The summed E-state index contributed by atoms with van der Waals surface area (Å²) in [6, 6.07) is 16.3. The van der Waals surface area contributed by atoms with Crippen molar-refractivity contribution in [3.8, 4) is 11.5 Å². The minimum atomic E-state index is -0.605. The molecule has 10 heteroatoms. The van der Waals surface area contributed by atoms with Crippen LogP contribution in [0.1, 0.15) is 11.1 Å². The van der Waals surface area contributed by atoms with Crippen LogP contribution in [0.4, 0.5) is 16.2 Å². The third-order valence-corrected chi connectivity index (χ3v) is 5.71. The molecule has 1 heterocycles. The molecule has 0 bridgehead atoms. The van der Waals surface area contributed by atoms with Gasteiger partial charge in [0, 0.05) is 10.7 Å². The van der Waals surface area contributed by atoms with Crippen LogP contribution in [0.5, 0.6) is 11.5 Å². The second-order valence-corrected chi connectivity index (χ2v) is 8.69. The number of ether oxygens (including phenoxy) is 2. The molecule has 3 aromatic rings. The number of methoxy groups -OCH3 is 1. The second kappa shape index (κ2) is 10.7. The maximum absolute atomic E-state index is 12.9. The van der Waals surface area contributed by atoms with Crippen molar-refractivity contribution in [2.24, 2.45) is 0 Å². The number of nitrogens with one attached hydrogen (secondary N) is 2. The van der Waals surface area contributed by atoms with Crippen molar-refractivity contribution >= 4 is 58.5 Å². The summed E-state index contributed by atoms with van der Waals surface area (Å²) in [6.07, 6.45) is 1.47. The lowest BCUT2D eigenvalue weighted by Crippen LogP contribution is -2.30. The van der Waals surface area contributed by atoms with Crippen LogP contribution in [0.25, 0.3) is 6.08 Å². The van der Waals surface area contributed by atoms with Crippen LogP contribution >= 0.6 is 23.2 Å². The van der Waals surface area contributed by atoms with E-state index in [1.54, 1.807) is 36.4 Å². The number of imide groups is 1. The Kier molecular flexibility index (Phi) is 7.47. The monoisotopic (exact) mass is 525 g/mol. The average molecular weight is 526 g/mol. The molecule has 2 N–H and O–H groups in total. The number of benzene rings is 3. The fourth-order valence-corrected chi connectivity index (χ4v) is 3.94. The first-order chi connectivity index (χ1) is 17.2. The zero-order valence-corrected chi connectivity index (χ0v) is 20.8. The molecule has 4 rings (SSSR count). The molecule has 36 heavy (non-hydrogen) atoms. The van der Waals surface area contributed by atoms with Gasteiger partial charge in [-0.3, -0.25) is 9.59 Å². The largest absolute Gasteiger partial charge is 0.493 e. The van der Waals surface area contributed by atoms with Crippen LogP contribution in [-0.2, 0) is 9.59 Å². The van der Waals surface area contributed by atoms with Gasteiger partial charge in [-0.25, -0.2) is 9.69 Å². The fraction of sp³-hybridized carbons (Fsp3) is 0.115. The summed E-state index contributed by atoms with van der Waals surface area (Å²) in [7, 11) is 1.42. The van der Waals surface area contributed by atoms with Crippen LogP contribution in [0.15, 0.2) is 66.4 Å². The lowest BCUT2D eigenvalue weighted by molar-refractivity contribution is -0.118. The Morgan fingerprint density at radius 2 is 1.83 bits per heavy atom. The van der Waals surface area contributed by atoms with Crippen molar-refractivity contribution in [3.05, 3.63) is 87.5 Å². The average Bonchev–Trinajstić information content (AvgIpc) is 3.12. The molecule has 184 valence electrons. The van der Waals surface area contributed by atoms with Gasteiger partial charge in [0.2, 0.25) is 0 Å². The van der Waals surface area contributed by atoms with Crippen molar-refractivity contribution in [1.29, 1.82) is 0 Å². The van der Waals surface area contributed by atoms with E-state index >= 15 is 0 Å². The highest BCUT2D eigenvalue weighted by Gasteiger charge is 2.35. The van der Waals surface area contributed by atoms with Crippen LogP contribution in [0.2, 0.25) is 10.0 Å². The van der Waals surface area contributed by atoms with E-state index in [1.807, 2.05) is 19.1 Å². The molecule has 8 nitrogen and oxygen atoms in total. The summed E-state index contributed by atoms with van der Waals surface area (Å²) < 4.78 is 11.0. The van der Waals surface area contributed by atoms with Gasteiger partial charge in [0.05, 0.1) is 17.8 Å². The maximum atomic E-state index is 12.9. The van der Waals surface area contributed by atoms with Crippen molar-refractivity contribution in [2.45, 2.75) is 6.92 Å². The van der Waals surface area contributed by atoms with E-state index in [9.17, 15) is 14.4 Å². The minimum Gasteiger partial charge on any atom is -0.493 e. The predicted molar refractivity (Wildman–Crippen MR) is 139 cm³/mol. The standard InChI is InChI=1S/C26H21Cl2N3O5/c1-15-6-8-18(9-7-15)29-23(32)14-36-24-20(28)10-16(12-22(24)35-2)11-21-25(33)31(26(34)30-21)19-5-3-4-17(27)13-19/h3-13H,14H2,1-2H3,(H,29,32)(H,30,34)/b21-11+. The quantitative estimate of drug-likeness (QED) is 0.316. The van der Waals surface area contributed by atoms with Gasteiger partial charge in [0.1, 0.15) is 5.70 Å². The molecule has 0 spiro atoms. The highest BCUT2D eigenvalue weighted by molar-refractivity contribution is 6.33. The van der Waals surface area contributed by atoms with Crippen molar-refractivity contribution < 1.29 is 23.9 Å². The van der Waals surface area contributed by atoms with Crippen LogP contribution < -0.4 is 25.0 Å². The molecule has 0 aromatic heterocycles. The first-order valence-corrected chi connectivity index (χ1v) is 11.5. The van der Waals surface area contributed by atoms with Gasteiger partial charge in [-0.15, -0.1) is 0 Å². The highest BCUT2D eigenvalue weighted by atomic mass is 35.5. The zero-order chi connectivity index (χ0) is 25.8. The molecule has 1 aliphatic heterocycles. The van der Waals surface area contributed by atoms with Gasteiger partial charge in [0.15, 0.2) is 18.1 Å². The Morgan fingerprint density at radius 3 is 2.53 bits per heavy atom. The third kappa shape index (κ3) is 5.62. The number of hydrogen-bond donors (Lipinski definition) is 2. The normalized spacial score (nSPS) is 14.1. The van der Waals surface area contributed by atoms with Gasteiger partial charge in [-0.05, 0) is 61.0 Å². The zero-order valence-electron chi connectivity index (χ0n) is 19.3. The van der Waals surface area contributed by atoms with E-state index in [0.717, 1.165) is 10.5 Å². The molecule has 1 aliphatic rings. The summed E-state index contributed by atoms with van der Waals surface area (Å²) in [6.45, 7) is 1.65. The molecule has 0 aliphatic carbocycles. The number of amides is 4. The maximum Gasteiger partial charge on any atom is 0.333 e. The first-order valence-electron chi connectivity index (χ1n) is 10.7. The summed E-state index contributed by atoms with van der Waals surface area (Å²) >= 11 is 12.4. The van der Waals surface area contributed by atoms with Crippen LogP contribution in [0.3, 0.4) is 0 Å². The number of aryl methyl sites for hydroxylation is 1. The number of hydrogen-bond acceptors (Lipinski definition) is 5. The van der Waals surface area contributed by atoms with E-state index in [2.05, 4.69) is 10.6 Å². The van der Waals surface area contributed by atoms with Gasteiger partial charge >= 0.3 is 6.03 Å². The number of anilines is 2. The lowest BCUT2D eigenvalue weighted by Gasteiger charge is -2.14. The van der Waals surface area contributed by atoms with Gasteiger partial charge < -0.3 is 20.1 Å². The summed E-state index contributed by atoms with van der Waals surface area (Å²) in [5.74, 6) is -0.502. The van der Waals surface area contributed by atoms with Gasteiger partial charge in [-0.2, -0.15) is 0 Å². The van der Waals surface area contributed by atoms with E-state index < -0.39 is 11.9 Å². The molecule has 4 amide bonds. The molecule has 0 saturated carbocycles. The SMILES string of the molecule is COc1cc(/C=C2/NC(=O)N(c3cccc(Cl)c3)C2=O)cc(Cl)c1OCC(=O)Nc1ccc(C)cc1. The van der Waals surface area contributed by atoms with E-state index in [1.165, 1.54) is 25.3 Å². The summed E-state index contributed by atoms with van der Waals surface area (Å²) in [4.78, 5) is 38.6.